The largest absolute Gasteiger partial charge is 0.379 e. The van der Waals surface area contributed by atoms with Gasteiger partial charge in [0, 0.05) is 25.2 Å². The van der Waals surface area contributed by atoms with E-state index in [1.54, 1.807) is 7.11 Å². The van der Waals surface area contributed by atoms with Gasteiger partial charge in [0.05, 0.1) is 5.60 Å². The predicted molar refractivity (Wildman–Crippen MR) is 68.6 cm³/mol. The minimum Gasteiger partial charge on any atom is -0.379 e. The van der Waals surface area contributed by atoms with E-state index in [9.17, 15) is 0 Å². The fraction of sp³-hybridized carbons (Fsp3) is 1.00. The Hall–Kier alpha value is -0.120. The van der Waals surface area contributed by atoms with Crippen LogP contribution in [0.5, 0.6) is 0 Å². The Balaban J connectivity index is 2.68. The second-order valence-electron chi connectivity index (χ2n) is 6.17. The van der Waals surface area contributed by atoms with Crippen LogP contribution in [-0.4, -0.2) is 42.3 Å². The summed E-state index contributed by atoms with van der Waals surface area (Å²) < 4.78 is 5.52. The molecule has 0 bridgehead atoms. The van der Waals surface area contributed by atoms with Gasteiger partial charge in [0.2, 0.25) is 0 Å². The maximum atomic E-state index is 5.94. The molecule has 0 aromatic heterocycles. The highest BCUT2D eigenvalue weighted by Crippen LogP contribution is 2.32. The molecule has 96 valence electrons. The van der Waals surface area contributed by atoms with E-state index < -0.39 is 0 Å². The standard InChI is InChI=1S/C13H28N2O/c1-12(2)7-6-8-15(12)11(10-14)9-13(3,4)16-5/h11H,6-10,14H2,1-5H3. The van der Waals surface area contributed by atoms with Crippen LogP contribution in [0, 0.1) is 0 Å². The summed E-state index contributed by atoms with van der Waals surface area (Å²) in [4.78, 5) is 2.56. The molecule has 1 unspecified atom stereocenters. The first-order chi connectivity index (χ1) is 7.32. The molecule has 0 aromatic carbocycles. The lowest BCUT2D eigenvalue weighted by molar-refractivity contribution is -0.0166. The number of hydrogen-bond acceptors (Lipinski definition) is 3. The molecule has 1 aliphatic rings. The molecule has 16 heavy (non-hydrogen) atoms. The summed E-state index contributed by atoms with van der Waals surface area (Å²) in [5.74, 6) is 0. The molecule has 1 saturated heterocycles. The first-order valence-electron chi connectivity index (χ1n) is 6.34. The fourth-order valence-corrected chi connectivity index (χ4v) is 2.78. The summed E-state index contributed by atoms with van der Waals surface area (Å²) in [6.45, 7) is 10.8. The van der Waals surface area contributed by atoms with Gasteiger partial charge >= 0.3 is 0 Å². The van der Waals surface area contributed by atoms with Gasteiger partial charge in [-0.3, -0.25) is 4.90 Å². The first kappa shape index (κ1) is 13.9. The minimum absolute atomic E-state index is 0.0806. The van der Waals surface area contributed by atoms with Gasteiger partial charge in [0.1, 0.15) is 0 Å². The average molecular weight is 228 g/mol. The lowest BCUT2D eigenvalue weighted by atomic mass is 9.94. The van der Waals surface area contributed by atoms with E-state index in [4.69, 9.17) is 10.5 Å². The summed E-state index contributed by atoms with van der Waals surface area (Å²) in [7, 11) is 1.78. The number of methoxy groups -OCH3 is 1. The number of nitrogens with zero attached hydrogens (tertiary/aromatic N) is 1. The van der Waals surface area contributed by atoms with Crippen LogP contribution in [0.3, 0.4) is 0 Å². The zero-order chi connectivity index (χ0) is 12.4. The van der Waals surface area contributed by atoms with Crippen LogP contribution < -0.4 is 5.73 Å². The summed E-state index contributed by atoms with van der Waals surface area (Å²) in [6, 6.07) is 0.437. The number of nitrogens with two attached hydrogens (primary N) is 1. The number of rotatable bonds is 5. The molecule has 0 aromatic rings. The maximum absolute atomic E-state index is 5.94. The highest BCUT2D eigenvalue weighted by Gasteiger charge is 2.38. The van der Waals surface area contributed by atoms with Crippen molar-refractivity contribution in [3.8, 4) is 0 Å². The molecule has 1 rings (SSSR count). The quantitative estimate of drug-likeness (QED) is 0.782. The van der Waals surface area contributed by atoms with E-state index in [0.717, 1.165) is 13.0 Å². The molecule has 0 radical (unpaired) electrons. The molecule has 1 fully saturated rings. The number of ether oxygens (including phenoxy) is 1. The molecular formula is C13H28N2O. The van der Waals surface area contributed by atoms with E-state index >= 15 is 0 Å². The number of hydrogen-bond donors (Lipinski definition) is 1. The SMILES string of the molecule is COC(C)(C)CC(CN)N1CCCC1(C)C. The van der Waals surface area contributed by atoms with Gasteiger partial charge in [-0.25, -0.2) is 0 Å². The van der Waals surface area contributed by atoms with Gasteiger partial charge < -0.3 is 10.5 Å². The third kappa shape index (κ3) is 3.19. The molecule has 3 heteroatoms. The van der Waals surface area contributed by atoms with Crippen LogP contribution in [0.2, 0.25) is 0 Å². The Morgan fingerprint density at radius 1 is 1.44 bits per heavy atom. The smallest absolute Gasteiger partial charge is 0.0638 e. The van der Waals surface area contributed by atoms with Crippen molar-refractivity contribution in [2.24, 2.45) is 5.73 Å². The molecule has 0 spiro atoms. The Bertz CT molecular complexity index is 226. The molecule has 1 heterocycles. The fourth-order valence-electron chi connectivity index (χ4n) is 2.78. The highest BCUT2D eigenvalue weighted by molar-refractivity contribution is 4.94. The average Bonchev–Trinajstić information content (AvgIpc) is 2.55. The molecule has 1 atom stereocenters. The molecule has 3 nitrogen and oxygen atoms in total. The highest BCUT2D eigenvalue weighted by atomic mass is 16.5. The van der Waals surface area contributed by atoms with Crippen LogP contribution in [0.4, 0.5) is 0 Å². The van der Waals surface area contributed by atoms with Crippen LogP contribution in [0.25, 0.3) is 0 Å². The van der Waals surface area contributed by atoms with Crippen molar-refractivity contribution < 1.29 is 4.74 Å². The molecule has 1 aliphatic heterocycles. The Labute approximate surface area is 100 Å². The second kappa shape index (κ2) is 5.03. The van der Waals surface area contributed by atoms with Crippen molar-refractivity contribution >= 4 is 0 Å². The van der Waals surface area contributed by atoms with Gasteiger partial charge in [0.25, 0.3) is 0 Å². The Kier molecular flexibility index (Phi) is 4.38. The summed E-state index contributed by atoms with van der Waals surface area (Å²) >= 11 is 0. The Morgan fingerprint density at radius 3 is 2.44 bits per heavy atom. The zero-order valence-corrected chi connectivity index (χ0v) is 11.5. The molecule has 0 aliphatic carbocycles. The van der Waals surface area contributed by atoms with Gasteiger partial charge in [-0.05, 0) is 53.5 Å². The van der Waals surface area contributed by atoms with Crippen LogP contribution in [0.1, 0.15) is 47.0 Å². The van der Waals surface area contributed by atoms with E-state index in [-0.39, 0.29) is 5.60 Å². The molecule has 0 saturated carbocycles. The second-order valence-corrected chi connectivity index (χ2v) is 6.17. The monoisotopic (exact) mass is 228 g/mol. The first-order valence-corrected chi connectivity index (χ1v) is 6.34. The topological polar surface area (TPSA) is 38.5 Å². The third-order valence-electron chi connectivity index (χ3n) is 3.96. The van der Waals surface area contributed by atoms with Crippen molar-refractivity contribution in [1.29, 1.82) is 0 Å². The van der Waals surface area contributed by atoms with Crippen LogP contribution >= 0.6 is 0 Å². The maximum Gasteiger partial charge on any atom is 0.0638 e. The molecule has 0 amide bonds. The zero-order valence-electron chi connectivity index (χ0n) is 11.5. The van der Waals surface area contributed by atoms with Crippen molar-refractivity contribution in [2.45, 2.75) is 64.1 Å². The summed E-state index contributed by atoms with van der Waals surface area (Å²) in [5, 5.41) is 0. The normalized spacial score (nSPS) is 23.6. The van der Waals surface area contributed by atoms with Gasteiger partial charge in [0.15, 0.2) is 0 Å². The van der Waals surface area contributed by atoms with E-state index in [0.29, 0.717) is 11.6 Å². The summed E-state index contributed by atoms with van der Waals surface area (Å²) in [5.41, 5.74) is 6.16. The number of likely N-dealkylation sites (tertiary alicyclic amines) is 1. The van der Waals surface area contributed by atoms with Crippen molar-refractivity contribution in [3.05, 3.63) is 0 Å². The Morgan fingerprint density at radius 2 is 2.06 bits per heavy atom. The summed E-state index contributed by atoms with van der Waals surface area (Å²) in [6.07, 6.45) is 3.57. The van der Waals surface area contributed by atoms with Crippen molar-refractivity contribution in [1.82, 2.24) is 4.90 Å². The predicted octanol–water partition coefficient (Wildman–Crippen LogP) is 2.00. The molecular weight excluding hydrogens is 200 g/mol. The minimum atomic E-state index is -0.0806. The third-order valence-corrected chi connectivity index (χ3v) is 3.96. The van der Waals surface area contributed by atoms with Gasteiger partial charge in [-0.2, -0.15) is 0 Å². The van der Waals surface area contributed by atoms with Gasteiger partial charge in [-0.15, -0.1) is 0 Å². The van der Waals surface area contributed by atoms with Crippen molar-refractivity contribution in [3.63, 3.8) is 0 Å². The lowest BCUT2D eigenvalue weighted by Crippen LogP contribution is -2.51. The van der Waals surface area contributed by atoms with Crippen molar-refractivity contribution in [2.75, 3.05) is 20.2 Å². The van der Waals surface area contributed by atoms with Crippen LogP contribution in [0.15, 0.2) is 0 Å². The van der Waals surface area contributed by atoms with E-state index in [1.165, 1.54) is 19.4 Å². The molecule has 2 N–H and O–H groups in total. The van der Waals surface area contributed by atoms with E-state index in [1.807, 2.05) is 0 Å². The van der Waals surface area contributed by atoms with Crippen LogP contribution in [-0.2, 0) is 4.74 Å². The lowest BCUT2D eigenvalue weighted by Gasteiger charge is -2.41. The van der Waals surface area contributed by atoms with Gasteiger partial charge in [-0.1, -0.05) is 0 Å². The van der Waals surface area contributed by atoms with E-state index in [2.05, 4.69) is 32.6 Å².